The summed E-state index contributed by atoms with van der Waals surface area (Å²) < 4.78 is 18.4. The standard InChI is InChI=1S/C15H23FN2O/c1-15(11-17,18(2)14-7-8-19-10-14)9-12-3-5-13(16)6-4-12/h3-6,14H,7-11,17H2,1-2H3. The molecule has 0 aliphatic carbocycles. The summed E-state index contributed by atoms with van der Waals surface area (Å²) in [6.07, 6.45) is 1.87. The molecular formula is C15H23FN2O. The lowest BCUT2D eigenvalue weighted by atomic mass is 9.89. The molecular weight excluding hydrogens is 243 g/mol. The average Bonchev–Trinajstić information content (AvgIpc) is 2.94. The SMILES string of the molecule is CN(C1CCOC1)C(C)(CN)Cc1ccc(F)cc1. The fourth-order valence-corrected chi connectivity index (χ4v) is 2.65. The third-order valence-electron chi connectivity index (χ3n) is 4.24. The Kier molecular flexibility index (Phi) is 4.55. The van der Waals surface area contributed by atoms with Crippen LogP contribution in [0.15, 0.2) is 24.3 Å². The minimum atomic E-state index is -0.198. The van der Waals surface area contributed by atoms with Crippen LogP contribution in [0.1, 0.15) is 18.9 Å². The maximum Gasteiger partial charge on any atom is 0.123 e. The van der Waals surface area contributed by atoms with E-state index in [0.29, 0.717) is 12.6 Å². The van der Waals surface area contributed by atoms with Crippen molar-refractivity contribution in [1.82, 2.24) is 4.90 Å². The van der Waals surface area contributed by atoms with E-state index in [1.807, 2.05) is 12.1 Å². The van der Waals surface area contributed by atoms with Crippen LogP contribution in [0.5, 0.6) is 0 Å². The number of likely N-dealkylation sites (N-methyl/N-ethyl adjacent to an activating group) is 1. The van der Waals surface area contributed by atoms with Crippen molar-refractivity contribution in [2.45, 2.75) is 31.3 Å². The van der Waals surface area contributed by atoms with Gasteiger partial charge in [-0.15, -0.1) is 0 Å². The Morgan fingerprint density at radius 1 is 1.42 bits per heavy atom. The minimum Gasteiger partial charge on any atom is -0.380 e. The molecule has 0 radical (unpaired) electrons. The molecule has 1 aliphatic heterocycles. The van der Waals surface area contributed by atoms with Gasteiger partial charge < -0.3 is 10.5 Å². The zero-order chi connectivity index (χ0) is 13.9. The number of rotatable bonds is 5. The first kappa shape index (κ1) is 14.4. The van der Waals surface area contributed by atoms with Gasteiger partial charge in [0, 0.05) is 24.7 Å². The second-order valence-corrected chi connectivity index (χ2v) is 5.63. The average molecular weight is 266 g/mol. The summed E-state index contributed by atoms with van der Waals surface area (Å²) in [5, 5.41) is 0. The topological polar surface area (TPSA) is 38.5 Å². The van der Waals surface area contributed by atoms with Crippen LogP contribution in [0.2, 0.25) is 0 Å². The molecule has 2 unspecified atom stereocenters. The predicted molar refractivity (Wildman–Crippen MR) is 74.6 cm³/mol. The molecule has 1 heterocycles. The highest BCUT2D eigenvalue weighted by Crippen LogP contribution is 2.24. The molecule has 0 bridgehead atoms. The number of nitrogens with two attached hydrogens (primary N) is 1. The Hall–Kier alpha value is -0.970. The number of benzene rings is 1. The summed E-state index contributed by atoms with van der Waals surface area (Å²) in [6.45, 7) is 4.33. The zero-order valence-electron chi connectivity index (χ0n) is 11.7. The summed E-state index contributed by atoms with van der Waals surface area (Å²) >= 11 is 0. The molecule has 1 aliphatic rings. The van der Waals surface area contributed by atoms with Crippen LogP contribution in [0.3, 0.4) is 0 Å². The molecule has 1 aromatic carbocycles. The first-order chi connectivity index (χ1) is 9.05. The van der Waals surface area contributed by atoms with E-state index in [1.54, 1.807) is 0 Å². The second kappa shape index (κ2) is 5.99. The van der Waals surface area contributed by atoms with Crippen LogP contribution in [-0.2, 0) is 11.2 Å². The van der Waals surface area contributed by atoms with E-state index >= 15 is 0 Å². The molecule has 1 saturated heterocycles. The molecule has 2 atom stereocenters. The van der Waals surface area contributed by atoms with Gasteiger partial charge in [0.2, 0.25) is 0 Å². The van der Waals surface area contributed by atoms with Gasteiger partial charge >= 0.3 is 0 Å². The highest BCUT2D eigenvalue weighted by atomic mass is 19.1. The van der Waals surface area contributed by atoms with Crippen molar-refractivity contribution in [2.24, 2.45) is 5.73 Å². The van der Waals surface area contributed by atoms with Crippen molar-refractivity contribution >= 4 is 0 Å². The largest absolute Gasteiger partial charge is 0.380 e. The Morgan fingerprint density at radius 3 is 2.63 bits per heavy atom. The van der Waals surface area contributed by atoms with E-state index in [-0.39, 0.29) is 11.4 Å². The van der Waals surface area contributed by atoms with Gasteiger partial charge in [-0.05, 0) is 44.5 Å². The van der Waals surface area contributed by atoms with Crippen molar-refractivity contribution in [2.75, 3.05) is 26.8 Å². The molecule has 0 saturated carbocycles. The third kappa shape index (κ3) is 3.32. The molecule has 1 fully saturated rings. The van der Waals surface area contributed by atoms with Crippen molar-refractivity contribution in [3.05, 3.63) is 35.6 Å². The molecule has 3 nitrogen and oxygen atoms in total. The van der Waals surface area contributed by atoms with Gasteiger partial charge in [0.25, 0.3) is 0 Å². The second-order valence-electron chi connectivity index (χ2n) is 5.63. The van der Waals surface area contributed by atoms with Crippen LogP contribution in [-0.4, -0.2) is 43.3 Å². The van der Waals surface area contributed by atoms with E-state index in [4.69, 9.17) is 10.5 Å². The first-order valence-electron chi connectivity index (χ1n) is 6.80. The van der Waals surface area contributed by atoms with E-state index in [2.05, 4.69) is 18.9 Å². The number of nitrogens with zero attached hydrogens (tertiary/aromatic N) is 1. The lowest BCUT2D eigenvalue weighted by molar-refractivity contribution is 0.0784. The Balaban J connectivity index is 2.10. The smallest absolute Gasteiger partial charge is 0.123 e. The molecule has 0 amide bonds. The summed E-state index contributed by atoms with van der Waals surface area (Å²) in [5.74, 6) is -0.198. The predicted octanol–water partition coefficient (Wildman–Crippen LogP) is 1.81. The number of hydrogen-bond donors (Lipinski definition) is 1. The van der Waals surface area contributed by atoms with Crippen LogP contribution in [0, 0.1) is 5.82 Å². The van der Waals surface area contributed by atoms with Crippen LogP contribution in [0.25, 0.3) is 0 Å². The van der Waals surface area contributed by atoms with Crippen LogP contribution < -0.4 is 5.73 Å². The van der Waals surface area contributed by atoms with Gasteiger partial charge in [-0.3, -0.25) is 4.90 Å². The lowest BCUT2D eigenvalue weighted by Gasteiger charge is -2.41. The third-order valence-corrected chi connectivity index (χ3v) is 4.24. The molecule has 4 heteroatoms. The quantitative estimate of drug-likeness (QED) is 0.883. The molecule has 0 aromatic heterocycles. The Morgan fingerprint density at radius 2 is 2.11 bits per heavy atom. The number of ether oxygens (including phenoxy) is 1. The van der Waals surface area contributed by atoms with Crippen LogP contribution in [0.4, 0.5) is 4.39 Å². The summed E-state index contributed by atoms with van der Waals surface area (Å²) in [4.78, 5) is 2.32. The summed E-state index contributed by atoms with van der Waals surface area (Å²) in [6, 6.07) is 7.11. The van der Waals surface area contributed by atoms with Crippen LogP contribution >= 0.6 is 0 Å². The monoisotopic (exact) mass is 266 g/mol. The highest BCUT2D eigenvalue weighted by molar-refractivity contribution is 5.19. The van der Waals surface area contributed by atoms with Crippen molar-refractivity contribution in [3.8, 4) is 0 Å². The molecule has 106 valence electrons. The number of hydrogen-bond acceptors (Lipinski definition) is 3. The maximum atomic E-state index is 13.0. The molecule has 2 rings (SSSR count). The molecule has 19 heavy (non-hydrogen) atoms. The summed E-state index contributed by atoms with van der Waals surface area (Å²) in [5.41, 5.74) is 6.98. The van der Waals surface area contributed by atoms with Gasteiger partial charge in [0.15, 0.2) is 0 Å². The van der Waals surface area contributed by atoms with E-state index in [0.717, 1.165) is 31.6 Å². The lowest BCUT2D eigenvalue weighted by Crippen LogP contribution is -2.55. The van der Waals surface area contributed by atoms with Gasteiger partial charge in [0.05, 0.1) is 6.61 Å². The van der Waals surface area contributed by atoms with Gasteiger partial charge in [-0.1, -0.05) is 12.1 Å². The van der Waals surface area contributed by atoms with E-state index < -0.39 is 0 Å². The highest BCUT2D eigenvalue weighted by Gasteiger charge is 2.34. The zero-order valence-corrected chi connectivity index (χ0v) is 11.7. The molecule has 0 spiro atoms. The molecule has 1 aromatic rings. The first-order valence-corrected chi connectivity index (χ1v) is 6.80. The van der Waals surface area contributed by atoms with E-state index in [9.17, 15) is 4.39 Å². The molecule has 2 N–H and O–H groups in total. The summed E-state index contributed by atoms with van der Waals surface area (Å²) in [7, 11) is 2.11. The number of halogens is 1. The van der Waals surface area contributed by atoms with Gasteiger partial charge in [-0.2, -0.15) is 0 Å². The fourth-order valence-electron chi connectivity index (χ4n) is 2.65. The Bertz CT molecular complexity index is 403. The normalized spacial score (nSPS) is 22.7. The fraction of sp³-hybridized carbons (Fsp3) is 0.600. The van der Waals surface area contributed by atoms with E-state index in [1.165, 1.54) is 12.1 Å². The van der Waals surface area contributed by atoms with Crippen molar-refractivity contribution in [3.63, 3.8) is 0 Å². The minimum absolute atomic E-state index is 0.129. The van der Waals surface area contributed by atoms with Gasteiger partial charge in [-0.25, -0.2) is 4.39 Å². The Labute approximate surface area is 114 Å². The van der Waals surface area contributed by atoms with Gasteiger partial charge in [0.1, 0.15) is 5.82 Å². The maximum absolute atomic E-state index is 13.0. The van der Waals surface area contributed by atoms with Crippen molar-refractivity contribution < 1.29 is 9.13 Å². The van der Waals surface area contributed by atoms with Crippen molar-refractivity contribution in [1.29, 1.82) is 0 Å².